The molecule has 3 rings (SSSR count). The number of ketones is 2. The van der Waals surface area contributed by atoms with Crippen LogP contribution in [-0.4, -0.2) is 13.9 Å². The van der Waals surface area contributed by atoms with Crippen LogP contribution in [0.3, 0.4) is 0 Å². The summed E-state index contributed by atoms with van der Waals surface area (Å²) < 4.78 is 3.07. The first-order valence-corrected chi connectivity index (χ1v) is 17.2. The Kier molecular flexibility index (Phi) is 33.5. The van der Waals surface area contributed by atoms with Gasteiger partial charge in [-0.05, 0) is 19.1 Å². The number of hydrogen-bond acceptors (Lipinski definition) is 2. The highest BCUT2D eigenvalue weighted by molar-refractivity contribution is 14.3. The Morgan fingerprint density at radius 3 is 1.24 bits per heavy atom. The van der Waals surface area contributed by atoms with Crippen LogP contribution in [0.25, 0.3) is 0 Å². The van der Waals surface area contributed by atoms with Gasteiger partial charge in [0.1, 0.15) is -0.0619 Å². The highest BCUT2D eigenvalue weighted by Gasteiger charge is 1.98. The molecule has 188 valence electrons. The molecule has 0 aliphatic heterocycles. The zero-order chi connectivity index (χ0) is 25.5. The second-order valence-corrected chi connectivity index (χ2v) is 22.0. The van der Waals surface area contributed by atoms with Crippen molar-refractivity contribution in [3.8, 4) is 0 Å². The second kappa shape index (κ2) is 28.7. The van der Waals surface area contributed by atoms with Crippen molar-refractivity contribution in [1.82, 2.24) is 0 Å². The molecule has 0 saturated heterocycles. The Balaban J connectivity index is -0.000000372. The van der Waals surface area contributed by atoms with Gasteiger partial charge in [-0.3, -0.25) is 9.59 Å². The number of benzene rings is 3. The fraction of sp³-hybridized carbons (Fsp3) is 0.231. The molecule has 0 N–H and O–H groups in total. The van der Waals surface area contributed by atoms with Crippen molar-refractivity contribution < 1.29 is 9.59 Å². The van der Waals surface area contributed by atoms with Crippen molar-refractivity contribution >= 4 is 140 Å². The number of carbonyl (C=O) groups excluding carboxylic acids is 2. The first-order valence-electron chi connectivity index (χ1n) is 9.58. The third kappa shape index (κ3) is 27.7. The van der Waals surface area contributed by atoms with Crippen molar-refractivity contribution in [2.75, 3.05) is 2.43 Å². The van der Waals surface area contributed by atoms with E-state index in [9.17, 15) is 9.59 Å². The van der Waals surface area contributed by atoms with E-state index in [0.29, 0.717) is 6.42 Å². The average molecular weight is 1090 g/mol. The lowest BCUT2D eigenvalue weighted by Gasteiger charge is -1.93. The topological polar surface area (TPSA) is 34.1 Å². The summed E-state index contributed by atoms with van der Waals surface area (Å²) >= 11 is 14.8. The summed E-state index contributed by atoms with van der Waals surface area (Å²) in [7, 11) is 0. The highest BCUT2D eigenvalue weighted by atomic mass is 127. The monoisotopic (exact) mass is 1090 g/mol. The van der Waals surface area contributed by atoms with E-state index in [4.69, 9.17) is 0 Å². The first-order chi connectivity index (χ1) is 15.7. The summed E-state index contributed by atoms with van der Waals surface area (Å²) in [5, 5.41) is 0. The molecular formula is C26H30BrI5O2. The van der Waals surface area contributed by atoms with E-state index in [0.717, 1.165) is 15.5 Å². The van der Waals surface area contributed by atoms with Gasteiger partial charge < -0.3 is 0 Å². The third-order valence-corrected chi connectivity index (χ3v) is 3.86. The van der Waals surface area contributed by atoms with Crippen LogP contribution in [0.15, 0.2) is 95.5 Å². The van der Waals surface area contributed by atoms with Gasteiger partial charge in [0.25, 0.3) is 0 Å². The minimum absolute atomic E-state index is 0. The van der Waals surface area contributed by atoms with Crippen LogP contribution < -0.4 is 0 Å². The van der Waals surface area contributed by atoms with Gasteiger partial charge in [0, 0.05) is 22.0 Å². The summed E-state index contributed by atoms with van der Waals surface area (Å²) in [5.74, 6) is 0.330. The maximum absolute atomic E-state index is 11.0. The Hall–Kier alpha value is 1.13. The van der Waals surface area contributed by atoms with Crippen LogP contribution in [0, 0.1) is 0 Å². The van der Waals surface area contributed by atoms with Crippen molar-refractivity contribution in [2.24, 2.45) is 0 Å². The molecule has 3 aromatic rings. The lowest BCUT2D eigenvalue weighted by molar-refractivity contribution is 0.0985. The van der Waals surface area contributed by atoms with E-state index in [1.54, 1.807) is 6.92 Å². The van der Waals surface area contributed by atoms with Gasteiger partial charge in [0.15, 0.2) is 11.6 Å². The molecule has 0 aromatic heterocycles. The maximum atomic E-state index is 11.0. The standard InChI is InChI=1S/C9H10O.C8H8O.C6H5Br.CHI3.CH2I2.CH4/c1-2-9(10)8-6-4-3-5-7-8;1-7(9)8-5-3-2-4-6-8;7-6-4-2-1-3-5-6;2-1(3)4;2-1-3;/h3-7H,2H2,1H3;2-6H,1H3;1-5H;1H;1H2;1H4. The van der Waals surface area contributed by atoms with Crippen LogP contribution in [0.1, 0.15) is 48.4 Å². The zero-order valence-electron chi connectivity index (χ0n) is 18.2. The van der Waals surface area contributed by atoms with Crippen molar-refractivity contribution in [3.05, 3.63) is 107 Å². The van der Waals surface area contributed by atoms with Gasteiger partial charge in [0.2, 0.25) is 0 Å². The summed E-state index contributed by atoms with van der Waals surface area (Å²) in [6.07, 6.45) is 0.587. The third-order valence-electron chi connectivity index (χ3n) is 3.33. The molecule has 0 aliphatic rings. The van der Waals surface area contributed by atoms with Crippen LogP contribution in [0.5, 0.6) is 0 Å². The van der Waals surface area contributed by atoms with Crippen molar-refractivity contribution in [1.29, 1.82) is 0 Å². The lowest BCUT2D eigenvalue weighted by Crippen LogP contribution is -1.94. The van der Waals surface area contributed by atoms with Gasteiger partial charge >= 0.3 is 0 Å². The Bertz CT molecular complexity index is 846. The van der Waals surface area contributed by atoms with Crippen molar-refractivity contribution in [3.63, 3.8) is 0 Å². The summed E-state index contributed by atoms with van der Waals surface area (Å²) in [5.41, 5.74) is 1.59. The molecule has 0 aliphatic carbocycles. The molecule has 2 nitrogen and oxygen atoms in total. The van der Waals surface area contributed by atoms with Crippen molar-refractivity contribution in [2.45, 2.75) is 27.6 Å². The first kappa shape index (κ1) is 39.6. The molecule has 0 atom stereocenters. The van der Waals surface area contributed by atoms with Crippen LogP contribution >= 0.6 is 129 Å². The van der Waals surface area contributed by atoms with E-state index in [2.05, 4.69) is 129 Å². The van der Waals surface area contributed by atoms with Crippen LogP contribution in [0.4, 0.5) is 0 Å². The predicted octanol–water partition coefficient (Wildman–Crippen LogP) is 11.6. The molecule has 0 bridgehead atoms. The molecule has 0 heterocycles. The maximum Gasteiger partial charge on any atom is 0.162 e. The van der Waals surface area contributed by atoms with E-state index >= 15 is 0 Å². The van der Waals surface area contributed by atoms with Gasteiger partial charge in [-0.25, -0.2) is 0 Å². The molecule has 34 heavy (non-hydrogen) atoms. The van der Waals surface area contributed by atoms with Gasteiger partial charge in [0.05, 0.1) is 2.43 Å². The molecule has 0 radical (unpaired) electrons. The molecule has 0 spiro atoms. The molecule has 0 saturated carbocycles. The number of rotatable bonds is 3. The predicted molar refractivity (Wildman–Crippen MR) is 197 cm³/mol. The van der Waals surface area contributed by atoms with Crippen LogP contribution in [-0.2, 0) is 0 Å². The van der Waals surface area contributed by atoms with Gasteiger partial charge in [-0.2, -0.15) is 0 Å². The highest BCUT2D eigenvalue weighted by Crippen LogP contribution is 2.16. The smallest absolute Gasteiger partial charge is 0.162 e. The zero-order valence-corrected chi connectivity index (χ0v) is 30.6. The molecular weight excluding hydrogens is 1060 g/mol. The van der Waals surface area contributed by atoms with E-state index in [1.165, 1.54) is 2.43 Å². The summed E-state index contributed by atoms with van der Waals surface area (Å²) in [6.45, 7) is 3.44. The largest absolute Gasteiger partial charge is 0.295 e. The van der Waals surface area contributed by atoms with Gasteiger partial charge in [-0.15, -0.1) is 0 Å². The normalized spacial score (nSPS) is 8.50. The number of alkyl halides is 5. The van der Waals surface area contributed by atoms with E-state index < -0.39 is 0 Å². The van der Waals surface area contributed by atoms with E-state index in [1.807, 2.05) is 97.9 Å². The molecule has 0 unspecified atom stereocenters. The Labute approximate surface area is 282 Å². The number of halogens is 6. The fourth-order valence-corrected chi connectivity index (χ4v) is 2.22. The molecule has 0 fully saturated rings. The van der Waals surface area contributed by atoms with Crippen LogP contribution in [0.2, 0.25) is 0 Å². The molecule has 3 aromatic carbocycles. The Morgan fingerprint density at radius 1 is 0.735 bits per heavy atom. The molecule has 0 amide bonds. The SMILES string of the molecule is Brc1ccccc1.C.CC(=O)c1ccccc1.CCC(=O)c1ccccc1.IC(I)I.ICI. The Morgan fingerprint density at radius 2 is 1.03 bits per heavy atom. The summed E-state index contributed by atoms with van der Waals surface area (Å²) in [4.78, 5) is 21.7. The minimum atomic E-state index is 0. The van der Waals surface area contributed by atoms with Gasteiger partial charge in [-0.1, -0.05) is 222 Å². The summed E-state index contributed by atoms with van der Waals surface area (Å²) in [6, 6.07) is 28.5. The average Bonchev–Trinajstić information content (AvgIpc) is 2.81. The molecule has 8 heteroatoms. The number of carbonyl (C=O) groups is 2. The number of Topliss-reactive ketones (excluding diaryl/α,β-unsaturated/α-hetero) is 2. The minimum Gasteiger partial charge on any atom is -0.295 e. The van der Waals surface area contributed by atoms with E-state index in [-0.39, 0.29) is 19.0 Å². The fourth-order valence-electron chi connectivity index (χ4n) is 1.92. The quantitative estimate of drug-likeness (QED) is 0.149. The lowest BCUT2D eigenvalue weighted by atomic mass is 10.1. The second-order valence-electron chi connectivity index (χ2n) is 5.71. The number of hydrogen-bond donors (Lipinski definition) is 0.